The quantitative estimate of drug-likeness (QED) is 0.165. The van der Waals surface area contributed by atoms with Crippen molar-refractivity contribution < 1.29 is 4.74 Å². The average Bonchev–Trinajstić information content (AvgIpc) is 4.19. The molecule has 0 amide bonds. The zero-order valence-corrected chi connectivity index (χ0v) is 42.7. The molecule has 0 aromatic heterocycles. The summed E-state index contributed by atoms with van der Waals surface area (Å²) in [5.41, 5.74) is 24.2. The Balaban J connectivity index is 0.973. The van der Waals surface area contributed by atoms with Crippen molar-refractivity contribution in [3.05, 3.63) is 330 Å². The minimum absolute atomic E-state index is 0.541. The Morgan fingerprint density at radius 2 is 0.636 bits per heavy atom. The first-order valence-electron chi connectivity index (χ1n) is 26.6. The van der Waals surface area contributed by atoms with Gasteiger partial charge in [0.05, 0.1) is 22.2 Å². The van der Waals surface area contributed by atoms with Gasteiger partial charge in [-0.2, -0.15) is 0 Å². The second-order valence-electron chi connectivity index (χ2n) is 20.6. The van der Waals surface area contributed by atoms with E-state index in [0.717, 1.165) is 45.3 Å². The predicted molar refractivity (Wildman–Crippen MR) is 316 cm³/mol. The first-order valence-corrected chi connectivity index (χ1v) is 27.4. The Kier molecular flexibility index (Phi) is 9.73. The van der Waals surface area contributed by atoms with Crippen molar-refractivity contribution in [1.82, 2.24) is 0 Å². The molecule has 0 unspecified atom stereocenters. The molecule has 0 radical (unpaired) electrons. The summed E-state index contributed by atoms with van der Waals surface area (Å²) >= 11 is 1.88. The van der Waals surface area contributed by atoms with E-state index in [1.54, 1.807) is 0 Å². The summed E-state index contributed by atoms with van der Waals surface area (Å²) in [5, 5.41) is 0. The van der Waals surface area contributed by atoms with Gasteiger partial charge >= 0.3 is 0 Å². The highest BCUT2D eigenvalue weighted by atomic mass is 32.2. The van der Waals surface area contributed by atoms with E-state index >= 15 is 0 Å². The first kappa shape index (κ1) is 43.9. The summed E-state index contributed by atoms with van der Waals surface area (Å²) in [5.74, 6) is 1.76. The molecule has 0 saturated carbocycles. The fourth-order valence-corrected chi connectivity index (χ4v) is 14.9. The van der Waals surface area contributed by atoms with Crippen LogP contribution < -0.4 is 9.64 Å². The summed E-state index contributed by atoms with van der Waals surface area (Å²) in [7, 11) is 0. The Morgan fingerprint density at radius 3 is 1.12 bits per heavy atom. The largest absolute Gasteiger partial charge is 0.457 e. The van der Waals surface area contributed by atoms with Crippen molar-refractivity contribution >= 4 is 28.8 Å². The third-order valence-corrected chi connectivity index (χ3v) is 17.9. The summed E-state index contributed by atoms with van der Waals surface area (Å²) < 4.78 is 6.80. The number of anilines is 3. The predicted octanol–water partition coefficient (Wildman–Crippen LogP) is 19.5. The van der Waals surface area contributed by atoms with Gasteiger partial charge < -0.3 is 9.64 Å². The van der Waals surface area contributed by atoms with Gasteiger partial charge in [0.25, 0.3) is 0 Å². The van der Waals surface area contributed by atoms with Crippen molar-refractivity contribution in [2.75, 3.05) is 4.90 Å². The van der Waals surface area contributed by atoms with Gasteiger partial charge in [0.2, 0.25) is 0 Å². The maximum absolute atomic E-state index is 6.80. The molecule has 2 nitrogen and oxygen atoms in total. The molecule has 12 aromatic carbocycles. The van der Waals surface area contributed by atoms with E-state index in [2.05, 4.69) is 290 Å². The fourth-order valence-electron chi connectivity index (χ4n) is 13.7. The Hall–Kier alpha value is -9.41. The monoisotopic (exact) mass is 997 g/mol. The number of benzene rings is 12. The third-order valence-electron chi connectivity index (χ3n) is 16.8. The highest BCUT2D eigenvalue weighted by Gasteiger charge is 2.54. The number of rotatable bonds is 6. The van der Waals surface area contributed by atoms with Crippen LogP contribution in [0.15, 0.2) is 295 Å². The van der Waals surface area contributed by atoms with Gasteiger partial charge in [-0.25, -0.2) is 0 Å². The van der Waals surface area contributed by atoms with E-state index in [0.29, 0.717) is 0 Å². The second-order valence-corrected chi connectivity index (χ2v) is 21.7. The molecule has 0 atom stereocenters. The van der Waals surface area contributed by atoms with Gasteiger partial charge in [-0.05, 0) is 145 Å². The summed E-state index contributed by atoms with van der Waals surface area (Å²) in [4.78, 5) is 5.16. The van der Waals surface area contributed by atoms with E-state index in [-0.39, 0.29) is 0 Å². The van der Waals surface area contributed by atoms with Crippen LogP contribution in [0.1, 0.15) is 44.5 Å². The smallest absolute Gasteiger partial charge is 0.132 e. The standard InChI is InChI=1S/C74H47NOS/c1-3-21-48(22-4-1)51-45-52(49-23-5-2-6-24-49)47-53(46-51)50-41-43-54(44-42-50)75(65-35-19-33-63-71(65)55-25-7-9-27-57(55)73(63)59-29-11-15-37-67(59)76-68-38-16-12-30-60(68)73)66-36-20-34-64-72(66)56-26-8-10-28-58(56)74(64)61-31-13-17-39-69(61)77-70-40-18-14-32-62(70)74/h1-47H. The van der Waals surface area contributed by atoms with Crippen LogP contribution in [-0.4, -0.2) is 0 Å². The first-order chi connectivity index (χ1) is 38.2. The highest BCUT2D eigenvalue weighted by Crippen LogP contribution is 2.67. The van der Waals surface area contributed by atoms with Crippen molar-refractivity contribution in [2.45, 2.75) is 20.6 Å². The lowest BCUT2D eigenvalue weighted by molar-refractivity contribution is 0.436. The van der Waals surface area contributed by atoms with Crippen LogP contribution in [0.5, 0.6) is 11.5 Å². The van der Waals surface area contributed by atoms with E-state index in [1.165, 1.54) is 93.2 Å². The van der Waals surface area contributed by atoms with Crippen molar-refractivity contribution in [3.63, 3.8) is 0 Å². The van der Waals surface area contributed by atoms with Gasteiger partial charge in [0.15, 0.2) is 0 Å². The summed E-state index contributed by atoms with van der Waals surface area (Å²) in [6.07, 6.45) is 0. The van der Waals surface area contributed by atoms with Crippen LogP contribution in [0.4, 0.5) is 17.1 Å². The SMILES string of the molecule is c1ccc(-c2cc(-c3ccccc3)cc(-c3ccc(N(c4cccc5c4-c4ccccc4C54c5ccccc5Oc5ccccc54)c4cccc5c4-c4ccccc4C54c5ccccc5Sc5ccccc54)cc3)c2)cc1. The van der Waals surface area contributed by atoms with E-state index in [4.69, 9.17) is 4.74 Å². The lowest BCUT2D eigenvalue weighted by Gasteiger charge is -2.40. The molecule has 3 heteroatoms. The van der Waals surface area contributed by atoms with Gasteiger partial charge in [0.1, 0.15) is 11.5 Å². The fraction of sp³-hybridized carbons (Fsp3) is 0.0270. The van der Waals surface area contributed by atoms with Crippen molar-refractivity contribution in [1.29, 1.82) is 0 Å². The number of hydrogen-bond donors (Lipinski definition) is 0. The molecule has 2 aliphatic heterocycles. The number of fused-ring (bicyclic) bond motifs is 18. The van der Waals surface area contributed by atoms with Crippen LogP contribution >= 0.6 is 11.8 Å². The molecule has 2 spiro atoms. The Labute approximate surface area is 453 Å². The molecule has 2 heterocycles. The second kappa shape index (κ2) is 17.1. The van der Waals surface area contributed by atoms with E-state index < -0.39 is 10.8 Å². The topological polar surface area (TPSA) is 12.5 Å². The molecule has 360 valence electrons. The molecule has 0 N–H and O–H groups in total. The molecule has 4 aliphatic rings. The Morgan fingerprint density at radius 1 is 0.273 bits per heavy atom. The molecule has 2 aliphatic carbocycles. The molecular weight excluding hydrogens is 951 g/mol. The van der Waals surface area contributed by atoms with Crippen LogP contribution in [-0.2, 0) is 10.8 Å². The molecular formula is C74H47NOS. The van der Waals surface area contributed by atoms with Crippen molar-refractivity contribution in [2.24, 2.45) is 0 Å². The van der Waals surface area contributed by atoms with Crippen LogP contribution in [0.3, 0.4) is 0 Å². The van der Waals surface area contributed by atoms with Crippen LogP contribution in [0.25, 0.3) is 55.6 Å². The molecule has 0 bridgehead atoms. The maximum atomic E-state index is 6.80. The molecule has 16 rings (SSSR count). The van der Waals surface area contributed by atoms with Crippen LogP contribution in [0.2, 0.25) is 0 Å². The minimum Gasteiger partial charge on any atom is -0.457 e. The maximum Gasteiger partial charge on any atom is 0.132 e. The van der Waals surface area contributed by atoms with Gasteiger partial charge in [-0.15, -0.1) is 0 Å². The lowest BCUT2D eigenvalue weighted by atomic mass is 9.66. The molecule has 0 saturated heterocycles. The van der Waals surface area contributed by atoms with Crippen LogP contribution in [0, 0.1) is 0 Å². The minimum atomic E-state index is -0.633. The zero-order chi connectivity index (χ0) is 50.7. The van der Waals surface area contributed by atoms with Crippen molar-refractivity contribution in [3.8, 4) is 67.1 Å². The molecule has 77 heavy (non-hydrogen) atoms. The van der Waals surface area contributed by atoms with E-state index in [9.17, 15) is 0 Å². The number of hydrogen-bond acceptors (Lipinski definition) is 3. The normalized spacial score (nSPS) is 14.0. The molecule has 0 fully saturated rings. The average molecular weight is 998 g/mol. The van der Waals surface area contributed by atoms with Gasteiger partial charge in [0, 0.05) is 37.7 Å². The zero-order valence-electron chi connectivity index (χ0n) is 41.9. The Bertz CT molecular complexity index is 4000. The highest BCUT2D eigenvalue weighted by molar-refractivity contribution is 7.99. The number of para-hydroxylation sites is 2. The third kappa shape index (κ3) is 6.26. The number of ether oxygens (including phenoxy) is 1. The lowest BCUT2D eigenvalue weighted by Crippen LogP contribution is -2.32. The van der Waals surface area contributed by atoms with Gasteiger partial charge in [-0.1, -0.05) is 230 Å². The summed E-state index contributed by atoms with van der Waals surface area (Å²) in [6, 6.07) is 106. The van der Waals surface area contributed by atoms with E-state index in [1.807, 2.05) is 11.8 Å². The van der Waals surface area contributed by atoms with Gasteiger partial charge in [-0.3, -0.25) is 0 Å². The molecule has 12 aromatic rings. The summed E-state index contributed by atoms with van der Waals surface area (Å²) in [6.45, 7) is 0. The number of nitrogens with zero attached hydrogens (tertiary/aromatic N) is 1.